The number of hydrogen-bond donors (Lipinski definition) is 1. The Morgan fingerprint density at radius 2 is 1.88 bits per heavy atom. The standard InChI is InChI=1S/C17H13Cl2N3O2S/c18-12-7-4-8-13(16(12)19)20-14(23)10-25-17-22-21-15(24-17)9-11-5-2-1-3-6-11/h1-8H,9-10H2,(H,20,23). The fraction of sp³-hybridized carbons (Fsp3) is 0.118. The number of hydrogen-bond acceptors (Lipinski definition) is 5. The van der Waals surface area contributed by atoms with Crippen LogP contribution in [0.3, 0.4) is 0 Å². The predicted octanol–water partition coefficient (Wildman–Crippen LogP) is 4.70. The van der Waals surface area contributed by atoms with Crippen molar-refractivity contribution in [3.8, 4) is 0 Å². The topological polar surface area (TPSA) is 68.0 Å². The number of carbonyl (C=O) groups is 1. The second-order valence-electron chi connectivity index (χ2n) is 5.06. The number of rotatable bonds is 6. The van der Waals surface area contributed by atoms with Crippen molar-refractivity contribution >= 4 is 46.6 Å². The van der Waals surface area contributed by atoms with E-state index < -0.39 is 0 Å². The van der Waals surface area contributed by atoms with E-state index in [1.165, 1.54) is 0 Å². The van der Waals surface area contributed by atoms with E-state index in [1.54, 1.807) is 18.2 Å². The van der Waals surface area contributed by atoms with Gasteiger partial charge in [0.05, 0.1) is 27.9 Å². The van der Waals surface area contributed by atoms with Gasteiger partial charge in [-0.2, -0.15) is 0 Å². The van der Waals surface area contributed by atoms with E-state index in [4.69, 9.17) is 27.6 Å². The summed E-state index contributed by atoms with van der Waals surface area (Å²) in [5, 5.41) is 11.7. The van der Waals surface area contributed by atoms with Gasteiger partial charge >= 0.3 is 0 Å². The van der Waals surface area contributed by atoms with E-state index in [0.717, 1.165) is 17.3 Å². The molecule has 0 spiro atoms. The lowest BCUT2D eigenvalue weighted by molar-refractivity contribution is -0.113. The van der Waals surface area contributed by atoms with Gasteiger partial charge in [0.15, 0.2) is 0 Å². The largest absolute Gasteiger partial charge is 0.416 e. The average molecular weight is 394 g/mol. The van der Waals surface area contributed by atoms with Crippen LogP contribution in [0.1, 0.15) is 11.5 Å². The molecule has 128 valence electrons. The minimum Gasteiger partial charge on any atom is -0.416 e. The van der Waals surface area contributed by atoms with E-state index in [9.17, 15) is 4.79 Å². The summed E-state index contributed by atoms with van der Waals surface area (Å²) in [7, 11) is 0. The monoisotopic (exact) mass is 393 g/mol. The lowest BCUT2D eigenvalue weighted by atomic mass is 10.2. The second-order valence-corrected chi connectivity index (χ2v) is 6.77. The summed E-state index contributed by atoms with van der Waals surface area (Å²) in [4.78, 5) is 12.0. The van der Waals surface area contributed by atoms with Gasteiger partial charge in [-0.15, -0.1) is 10.2 Å². The van der Waals surface area contributed by atoms with Crippen molar-refractivity contribution in [1.82, 2.24) is 10.2 Å². The highest BCUT2D eigenvalue weighted by molar-refractivity contribution is 7.99. The molecule has 0 radical (unpaired) electrons. The summed E-state index contributed by atoms with van der Waals surface area (Å²) in [6.07, 6.45) is 0.554. The molecule has 1 heterocycles. The second kappa shape index (κ2) is 8.38. The van der Waals surface area contributed by atoms with E-state index >= 15 is 0 Å². The number of aromatic nitrogens is 2. The molecule has 3 aromatic rings. The Balaban J connectivity index is 1.53. The SMILES string of the molecule is O=C(CSc1nnc(Cc2ccccc2)o1)Nc1cccc(Cl)c1Cl. The Morgan fingerprint density at radius 3 is 2.68 bits per heavy atom. The summed E-state index contributed by atoms with van der Waals surface area (Å²) in [5.41, 5.74) is 1.55. The van der Waals surface area contributed by atoms with Crippen LogP contribution in [-0.4, -0.2) is 21.9 Å². The van der Waals surface area contributed by atoms with Crippen molar-refractivity contribution in [2.24, 2.45) is 0 Å². The Bertz CT molecular complexity index is 871. The van der Waals surface area contributed by atoms with Gasteiger partial charge in [-0.05, 0) is 17.7 Å². The molecule has 8 heteroatoms. The van der Waals surface area contributed by atoms with E-state index in [0.29, 0.717) is 33.3 Å². The van der Waals surface area contributed by atoms with Gasteiger partial charge in [0.25, 0.3) is 5.22 Å². The van der Waals surface area contributed by atoms with Crippen LogP contribution in [0.5, 0.6) is 0 Å². The maximum absolute atomic E-state index is 12.0. The van der Waals surface area contributed by atoms with Crippen molar-refractivity contribution in [2.75, 3.05) is 11.1 Å². The van der Waals surface area contributed by atoms with Gasteiger partial charge in [-0.1, -0.05) is 71.4 Å². The zero-order valence-electron chi connectivity index (χ0n) is 12.9. The Kier molecular flexibility index (Phi) is 5.96. The normalized spacial score (nSPS) is 10.6. The van der Waals surface area contributed by atoms with Crippen LogP contribution >= 0.6 is 35.0 Å². The van der Waals surface area contributed by atoms with Crippen LogP contribution < -0.4 is 5.32 Å². The molecule has 1 N–H and O–H groups in total. The maximum atomic E-state index is 12.0. The van der Waals surface area contributed by atoms with Gasteiger partial charge < -0.3 is 9.73 Å². The van der Waals surface area contributed by atoms with Gasteiger partial charge in [-0.3, -0.25) is 4.79 Å². The zero-order chi connectivity index (χ0) is 17.6. The van der Waals surface area contributed by atoms with Crippen LogP contribution in [0, 0.1) is 0 Å². The van der Waals surface area contributed by atoms with Crippen molar-refractivity contribution < 1.29 is 9.21 Å². The molecule has 2 aromatic carbocycles. The van der Waals surface area contributed by atoms with E-state index in [2.05, 4.69) is 15.5 Å². The number of nitrogens with zero attached hydrogens (tertiary/aromatic N) is 2. The molecule has 0 fully saturated rings. The Labute approximate surface area is 158 Å². The third kappa shape index (κ3) is 4.98. The molecule has 0 atom stereocenters. The quantitative estimate of drug-likeness (QED) is 0.614. The molecule has 0 aliphatic heterocycles. The zero-order valence-corrected chi connectivity index (χ0v) is 15.2. The number of benzene rings is 2. The summed E-state index contributed by atoms with van der Waals surface area (Å²) in [6.45, 7) is 0. The molecule has 5 nitrogen and oxygen atoms in total. The molecule has 1 aromatic heterocycles. The number of thioether (sulfide) groups is 1. The Hall–Kier alpha value is -2.02. The Morgan fingerprint density at radius 1 is 1.08 bits per heavy atom. The number of amides is 1. The minimum absolute atomic E-state index is 0.121. The molecule has 0 aliphatic rings. The molecule has 0 bridgehead atoms. The minimum atomic E-state index is -0.239. The fourth-order valence-corrected chi connectivity index (χ4v) is 2.98. The van der Waals surface area contributed by atoms with Crippen LogP contribution in [-0.2, 0) is 11.2 Å². The first-order valence-corrected chi connectivity index (χ1v) is 9.09. The smallest absolute Gasteiger partial charge is 0.277 e. The van der Waals surface area contributed by atoms with Crippen LogP contribution in [0.25, 0.3) is 0 Å². The van der Waals surface area contributed by atoms with Gasteiger partial charge in [-0.25, -0.2) is 0 Å². The molecule has 0 aliphatic carbocycles. The third-order valence-corrected chi connectivity index (χ3v) is 4.84. The van der Waals surface area contributed by atoms with Crippen molar-refractivity contribution in [1.29, 1.82) is 0 Å². The number of nitrogens with one attached hydrogen (secondary N) is 1. The van der Waals surface area contributed by atoms with Crippen LogP contribution in [0.15, 0.2) is 58.2 Å². The lowest BCUT2D eigenvalue weighted by Gasteiger charge is -2.07. The first-order valence-electron chi connectivity index (χ1n) is 7.35. The highest BCUT2D eigenvalue weighted by atomic mass is 35.5. The molecular weight excluding hydrogens is 381 g/mol. The summed E-state index contributed by atoms with van der Waals surface area (Å²) >= 11 is 13.1. The van der Waals surface area contributed by atoms with Crippen LogP contribution in [0.4, 0.5) is 5.69 Å². The molecule has 3 rings (SSSR count). The highest BCUT2D eigenvalue weighted by Crippen LogP contribution is 2.29. The summed E-state index contributed by atoms with van der Waals surface area (Å²) in [5.74, 6) is 0.388. The first kappa shape index (κ1) is 17.8. The molecular formula is C17H13Cl2N3O2S. The van der Waals surface area contributed by atoms with E-state index in [-0.39, 0.29) is 11.7 Å². The summed E-state index contributed by atoms with van der Waals surface area (Å²) in [6, 6.07) is 14.9. The molecule has 25 heavy (non-hydrogen) atoms. The molecule has 0 unspecified atom stereocenters. The van der Waals surface area contributed by atoms with E-state index in [1.807, 2.05) is 30.3 Å². The fourth-order valence-electron chi connectivity index (χ4n) is 2.05. The average Bonchev–Trinajstić information content (AvgIpc) is 3.05. The van der Waals surface area contributed by atoms with Gasteiger partial charge in [0.1, 0.15) is 0 Å². The number of carbonyl (C=O) groups excluding carboxylic acids is 1. The number of anilines is 1. The van der Waals surface area contributed by atoms with Crippen molar-refractivity contribution in [3.63, 3.8) is 0 Å². The number of halogens is 2. The van der Waals surface area contributed by atoms with Gasteiger partial charge in [0.2, 0.25) is 11.8 Å². The predicted molar refractivity (Wildman–Crippen MR) is 99.4 cm³/mol. The highest BCUT2D eigenvalue weighted by Gasteiger charge is 2.12. The summed E-state index contributed by atoms with van der Waals surface area (Å²) < 4.78 is 5.54. The molecule has 0 saturated carbocycles. The molecule has 0 saturated heterocycles. The first-order chi connectivity index (χ1) is 12.1. The van der Waals surface area contributed by atoms with Crippen molar-refractivity contribution in [2.45, 2.75) is 11.6 Å². The van der Waals surface area contributed by atoms with Gasteiger partial charge in [0, 0.05) is 0 Å². The lowest BCUT2D eigenvalue weighted by Crippen LogP contribution is -2.14. The third-order valence-electron chi connectivity index (χ3n) is 3.20. The van der Waals surface area contributed by atoms with Crippen molar-refractivity contribution in [3.05, 3.63) is 70.0 Å². The van der Waals surface area contributed by atoms with Crippen LogP contribution in [0.2, 0.25) is 10.0 Å². The maximum Gasteiger partial charge on any atom is 0.277 e. The molecule has 1 amide bonds.